The second kappa shape index (κ2) is 12.0. The van der Waals surface area contributed by atoms with E-state index in [1.807, 2.05) is 35.8 Å². The molecule has 0 aromatic carbocycles. The third-order valence-corrected chi connectivity index (χ3v) is 3.26. The first kappa shape index (κ1) is 18.5. The first-order valence-electron chi connectivity index (χ1n) is 7.10. The van der Waals surface area contributed by atoms with Crippen LogP contribution < -0.4 is 5.32 Å². The maximum absolute atomic E-state index is 10.8. The summed E-state index contributed by atoms with van der Waals surface area (Å²) in [7, 11) is 1.89. The largest absolute Gasteiger partial charge is 0.378 e. The van der Waals surface area contributed by atoms with Gasteiger partial charge in [0.15, 0.2) is 3.79 Å². The van der Waals surface area contributed by atoms with Crippen LogP contribution in [0.15, 0.2) is 6.20 Å². The van der Waals surface area contributed by atoms with Crippen molar-refractivity contribution in [3.05, 3.63) is 11.9 Å². The van der Waals surface area contributed by atoms with E-state index in [1.54, 1.807) is 4.68 Å². The van der Waals surface area contributed by atoms with Gasteiger partial charge in [-0.05, 0) is 42.5 Å². The number of carbonyl (C=O) groups excluding carboxylic acids is 1. The average molecular weight is 410 g/mol. The van der Waals surface area contributed by atoms with E-state index in [0.717, 1.165) is 25.1 Å². The summed E-state index contributed by atoms with van der Waals surface area (Å²) in [4.78, 5) is 10.8. The molecular weight excluding hydrogens is 387 g/mol. The number of hydrogen-bond acceptors (Lipinski definition) is 6. The van der Waals surface area contributed by atoms with Gasteiger partial charge in [-0.2, -0.15) is 0 Å². The Morgan fingerprint density at radius 1 is 1.33 bits per heavy atom. The van der Waals surface area contributed by atoms with Crippen LogP contribution in [0.2, 0.25) is 0 Å². The van der Waals surface area contributed by atoms with Gasteiger partial charge in [0.2, 0.25) is 0 Å². The van der Waals surface area contributed by atoms with Gasteiger partial charge in [-0.15, -0.1) is 5.10 Å². The summed E-state index contributed by atoms with van der Waals surface area (Å²) in [5.74, 6) is 0. The van der Waals surface area contributed by atoms with E-state index in [9.17, 15) is 4.79 Å². The zero-order chi connectivity index (χ0) is 15.3. The van der Waals surface area contributed by atoms with E-state index in [0.29, 0.717) is 39.4 Å². The molecule has 0 spiro atoms. The normalized spacial score (nSPS) is 11.0. The van der Waals surface area contributed by atoms with Crippen molar-refractivity contribution in [3.8, 4) is 0 Å². The Morgan fingerprint density at radius 3 is 2.81 bits per heavy atom. The minimum absolute atomic E-state index is 0.185. The predicted octanol–water partition coefficient (Wildman–Crippen LogP) is 0.815. The van der Waals surface area contributed by atoms with Crippen LogP contribution in [0.1, 0.15) is 18.5 Å². The van der Waals surface area contributed by atoms with Gasteiger partial charge in [-0.1, -0.05) is 5.21 Å². The molecule has 0 amide bonds. The summed E-state index contributed by atoms with van der Waals surface area (Å²) in [6.07, 6.45) is 4.10. The Bertz CT molecular complexity index is 401. The van der Waals surface area contributed by atoms with Crippen molar-refractivity contribution in [2.24, 2.45) is 0 Å². The number of nitrogens with one attached hydrogen (secondary N) is 1. The van der Waals surface area contributed by atoms with E-state index >= 15 is 0 Å². The minimum Gasteiger partial charge on any atom is -0.378 e. The molecule has 1 aromatic heterocycles. The fourth-order valence-electron chi connectivity index (χ4n) is 1.63. The van der Waals surface area contributed by atoms with Crippen molar-refractivity contribution in [1.82, 2.24) is 20.3 Å². The summed E-state index contributed by atoms with van der Waals surface area (Å²) < 4.78 is 12.8. The zero-order valence-corrected chi connectivity index (χ0v) is 14.5. The number of ether oxygens (including phenoxy) is 2. The van der Waals surface area contributed by atoms with E-state index < -0.39 is 0 Å². The van der Waals surface area contributed by atoms with Crippen molar-refractivity contribution >= 4 is 26.4 Å². The van der Waals surface area contributed by atoms with Crippen molar-refractivity contribution < 1.29 is 14.3 Å². The third-order valence-electron chi connectivity index (χ3n) is 2.73. The number of rotatable bonds is 13. The Kier molecular flexibility index (Phi) is 10.6. The summed E-state index contributed by atoms with van der Waals surface area (Å²) in [5, 5.41) is 11.1. The summed E-state index contributed by atoms with van der Waals surface area (Å²) in [6, 6.07) is 0. The number of likely N-dealkylation sites (N-methyl/N-ethyl adjacent to an activating group) is 1. The first-order valence-corrected chi connectivity index (χ1v) is 8.17. The molecule has 0 saturated heterocycles. The second-order valence-corrected chi connectivity index (χ2v) is 5.71. The van der Waals surface area contributed by atoms with E-state index in [-0.39, 0.29) is 3.79 Å². The molecule has 8 heteroatoms. The number of carbonyl (C=O) groups is 1. The van der Waals surface area contributed by atoms with Crippen LogP contribution in [0.3, 0.4) is 0 Å². The maximum atomic E-state index is 10.8. The molecule has 1 rings (SSSR count). The molecule has 21 heavy (non-hydrogen) atoms. The topological polar surface area (TPSA) is 78.3 Å². The van der Waals surface area contributed by atoms with Crippen molar-refractivity contribution in [2.75, 3.05) is 40.0 Å². The highest BCUT2D eigenvalue weighted by molar-refractivity contribution is 14.1. The first-order chi connectivity index (χ1) is 10.2. The Morgan fingerprint density at radius 2 is 2.10 bits per heavy atom. The van der Waals surface area contributed by atoms with Gasteiger partial charge in [0.05, 0.1) is 38.7 Å². The van der Waals surface area contributed by atoms with Gasteiger partial charge in [0, 0.05) is 19.2 Å². The van der Waals surface area contributed by atoms with Gasteiger partial charge in [-0.25, -0.2) is 4.68 Å². The number of hydrogen-bond donors (Lipinski definition) is 1. The van der Waals surface area contributed by atoms with E-state index in [1.165, 1.54) is 0 Å². The van der Waals surface area contributed by atoms with E-state index in [4.69, 9.17) is 9.47 Å². The third kappa shape index (κ3) is 9.88. The second-order valence-electron chi connectivity index (χ2n) is 4.51. The fraction of sp³-hybridized carbons (Fsp3) is 0.769. The highest BCUT2D eigenvalue weighted by Gasteiger charge is 2.02. The van der Waals surface area contributed by atoms with Crippen LogP contribution in [0.25, 0.3) is 0 Å². The number of halogens is 1. The Labute approximate surface area is 138 Å². The highest BCUT2D eigenvalue weighted by atomic mass is 127. The molecule has 120 valence electrons. The number of aromatic nitrogens is 3. The lowest BCUT2D eigenvalue weighted by atomic mass is 10.2. The molecule has 0 unspecified atom stereocenters. The summed E-state index contributed by atoms with van der Waals surface area (Å²) in [5.41, 5.74) is 0.919. The Balaban J connectivity index is 2.02. The van der Waals surface area contributed by atoms with Gasteiger partial charge >= 0.3 is 0 Å². The lowest BCUT2D eigenvalue weighted by Crippen LogP contribution is -2.16. The Hall–Kier alpha value is -0.580. The lowest BCUT2D eigenvalue weighted by molar-refractivity contribution is -0.109. The van der Waals surface area contributed by atoms with Gasteiger partial charge in [0.1, 0.15) is 0 Å². The smallest absolute Gasteiger partial charge is 0.192 e. The number of nitrogens with zero attached hydrogens (tertiary/aromatic N) is 3. The molecule has 0 saturated carbocycles. The van der Waals surface area contributed by atoms with Crippen molar-refractivity contribution in [3.63, 3.8) is 0 Å². The zero-order valence-electron chi connectivity index (χ0n) is 12.4. The van der Waals surface area contributed by atoms with Gasteiger partial charge < -0.3 is 14.8 Å². The van der Waals surface area contributed by atoms with Crippen LogP contribution in [0, 0.1) is 0 Å². The molecule has 0 bridgehead atoms. The van der Waals surface area contributed by atoms with Crippen molar-refractivity contribution in [1.29, 1.82) is 0 Å². The predicted molar refractivity (Wildman–Crippen MR) is 87.6 cm³/mol. The number of aryl methyl sites for hydroxylation is 1. The molecule has 1 heterocycles. The fourth-order valence-corrected chi connectivity index (χ4v) is 2.01. The molecule has 0 fully saturated rings. The van der Waals surface area contributed by atoms with Crippen LogP contribution >= 0.6 is 22.6 Å². The molecular formula is C13H23IN4O3. The SMILES string of the molecule is CNCCOCCOCCn1cc(CCCC(=O)I)nn1. The molecule has 0 aliphatic rings. The molecule has 0 radical (unpaired) electrons. The van der Waals surface area contributed by atoms with E-state index in [2.05, 4.69) is 15.6 Å². The molecule has 0 atom stereocenters. The lowest BCUT2D eigenvalue weighted by Gasteiger charge is -2.05. The quantitative estimate of drug-likeness (QED) is 0.295. The standard InChI is InChI=1S/C13H23IN4O3/c1-15-5-7-20-9-10-21-8-6-18-11-12(16-17-18)3-2-4-13(14)19/h11,15H,2-10H2,1H3. The maximum Gasteiger partial charge on any atom is 0.192 e. The molecule has 1 aromatic rings. The molecule has 0 aliphatic heterocycles. The van der Waals surface area contributed by atoms with Gasteiger partial charge in [-0.3, -0.25) is 4.79 Å². The average Bonchev–Trinajstić information content (AvgIpc) is 2.89. The monoisotopic (exact) mass is 410 g/mol. The summed E-state index contributed by atoms with van der Waals surface area (Å²) in [6.45, 7) is 4.01. The van der Waals surface area contributed by atoms with Crippen LogP contribution in [0.4, 0.5) is 0 Å². The van der Waals surface area contributed by atoms with Crippen LogP contribution in [0.5, 0.6) is 0 Å². The minimum atomic E-state index is 0.185. The summed E-state index contributed by atoms with van der Waals surface area (Å²) >= 11 is 1.82. The highest BCUT2D eigenvalue weighted by Crippen LogP contribution is 2.04. The van der Waals surface area contributed by atoms with Crippen LogP contribution in [-0.2, 0) is 27.2 Å². The molecule has 1 N–H and O–H groups in total. The molecule has 7 nitrogen and oxygen atoms in total. The van der Waals surface area contributed by atoms with Crippen LogP contribution in [-0.4, -0.2) is 58.8 Å². The van der Waals surface area contributed by atoms with Crippen molar-refractivity contribution in [2.45, 2.75) is 25.8 Å². The molecule has 0 aliphatic carbocycles. The van der Waals surface area contributed by atoms with Gasteiger partial charge in [0.25, 0.3) is 0 Å².